The van der Waals surface area contributed by atoms with Gasteiger partial charge in [-0.25, -0.2) is 0 Å². The summed E-state index contributed by atoms with van der Waals surface area (Å²) >= 11 is 0. The number of aryl methyl sites for hydroxylation is 1. The van der Waals surface area contributed by atoms with E-state index in [4.69, 9.17) is 4.74 Å². The molecule has 1 N–H and O–H groups in total. The summed E-state index contributed by atoms with van der Waals surface area (Å²) in [7, 11) is 2.00. The van der Waals surface area contributed by atoms with Gasteiger partial charge in [-0.15, -0.1) is 0 Å². The first kappa shape index (κ1) is 12.2. The predicted octanol–water partition coefficient (Wildman–Crippen LogP) is 2.68. The van der Waals surface area contributed by atoms with E-state index >= 15 is 0 Å². The van der Waals surface area contributed by atoms with Crippen molar-refractivity contribution in [1.29, 1.82) is 0 Å². The number of hydrogen-bond acceptors (Lipinski definition) is 2. The molecule has 0 spiro atoms. The van der Waals surface area contributed by atoms with Crippen LogP contribution in [0.4, 0.5) is 0 Å². The molecule has 0 bridgehead atoms. The zero-order chi connectivity index (χ0) is 11.1. The van der Waals surface area contributed by atoms with Gasteiger partial charge in [0.25, 0.3) is 0 Å². The quantitative estimate of drug-likeness (QED) is 0.724. The monoisotopic (exact) mass is 207 g/mol. The van der Waals surface area contributed by atoms with Crippen molar-refractivity contribution in [3.63, 3.8) is 0 Å². The summed E-state index contributed by atoms with van der Waals surface area (Å²) in [6.07, 6.45) is 1.02. The molecule has 1 rings (SSSR count). The highest BCUT2D eigenvalue weighted by atomic mass is 16.5. The number of hydrogen-bond donors (Lipinski definition) is 1. The van der Waals surface area contributed by atoms with E-state index in [1.165, 1.54) is 11.1 Å². The Balaban J connectivity index is 2.61. The molecule has 84 valence electrons. The lowest BCUT2D eigenvalue weighted by atomic mass is 9.99. The minimum Gasteiger partial charge on any atom is -0.382 e. The van der Waals surface area contributed by atoms with Crippen LogP contribution in [0.25, 0.3) is 0 Å². The van der Waals surface area contributed by atoms with Crippen LogP contribution in [0, 0.1) is 6.92 Å². The molecule has 0 aromatic heterocycles. The molecule has 2 heteroatoms. The Bertz CT molecular complexity index is 286. The first-order valence-electron chi connectivity index (χ1n) is 5.60. The normalized spacial score (nSPS) is 12.7. The molecule has 1 unspecified atom stereocenters. The Hall–Kier alpha value is -0.860. The Morgan fingerprint density at radius 3 is 2.67 bits per heavy atom. The summed E-state index contributed by atoms with van der Waals surface area (Å²) in [5.74, 6) is 0. The van der Waals surface area contributed by atoms with Crippen molar-refractivity contribution in [2.24, 2.45) is 0 Å². The van der Waals surface area contributed by atoms with Crippen LogP contribution < -0.4 is 5.32 Å². The Morgan fingerprint density at radius 2 is 2.07 bits per heavy atom. The third-order valence-corrected chi connectivity index (χ3v) is 2.67. The molecule has 0 heterocycles. The van der Waals surface area contributed by atoms with E-state index < -0.39 is 0 Å². The molecule has 0 aliphatic heterocycles. The van der Waals surface area contributed by atoms with E-state index in [-0.39, 0.29) is 0 Å². The third-order valence-electron chi connectivity index (χ3n) is 2.67. The Morgan fingerprint density at radius 1 is 1.33 bits per heavy atom. The van der Waals surface area contributed by atoms with Crippen LogP contribution in [-0.4, -0.2) is 20.3 Å². The minimum absolute atomic E-state index is 0.401. The van der Waals surface area contributed by atoms with Crippen LogP contribution >= 0.6 is 0 Å². The molecule has 1 aromatic carbocycles. The molecule has 0 fully saturated rings. The highest BCUT2D eigenvalue weighted by Crippen LogP contribution is 2.19. The maximum atomic E-state index is 5.39. The molecular formula is C13H21NO. The lowest BCUT2D eigenvalue weighted by molar-refractivity contribution is 0.137. The molecule has 0 radical (unpaired) electrons. The molecule has 0 saturated carbocycles. The van der Waals surface area contributed by atoms with Gasteiger partial charge >= 0.3 is 0 Å². The lowest BCUT2D eigenvalue weighted by Crippen LogP contribution is -2.19. The van der Waals surface area contributed by atoms with Gasteiger partial charge in [-0.2, -0.15) is 0 Å². The first-order valence-corrected chi connectivity index (χ1v) is 5.60. The lowest BCUT2D eigenvalue weighted by Gasteiger charge is -2.18. The van der Waals surface area contributed by atoms with Crippen molar-refractivity contribution < 1.29 is 4.74 Å². The van der Waals surface area contributed by atoms with Gasteiger partial charge in [0, 0.05) is 19.3 Å². The summed E-state index contributed by atoms with van der Waals surface area (Å²) in [6.45, 7) is 5.79. The molecular weight excluding hydrogens is 186 g/mol. The number of rotatable bonds is 6. The number of ether oxygens (including phenoxy) is 1. The van der Waals surface area contributed by atoms with Gasteiger partial charge in [-0.3, -0.25) is 0 Å². The van der Waals surface area contributed by atoms with Gasteiger partial charge < -0.3 is 10.1 Å². The van der Waals surface area contributed by atoms with Crippen LogP contribution in [0.1, 0.15) is 30.5 Å². The van der Waals surface area contributed by atoms with Crippen LogP contribution in [0.15, 0.2) is 24.3 Å². The zero-order valence-corrected chi connectivity index (χ0v) is 9.92. The Labute approximate surface area is 92.6 Å². The topological polar surface area (TPSA) is 21.3 Å². The average molecular weight is 207 g/mol. The minimum atomic E-state index is 0.401. The van der Waals surface area contributed by atoms with Crippen LogP contribution in [0.5, 0.6) is 0 Å². The molecule has 1 aromatic rings. The molecule has 0 aliphatic carbocycles. The third kappa shape index (κ3) is 3.65. The number of benzene rings is 1. The van der Waals surface area contributed by atoms with Crippen molar-refractivity contribution in [3.8, 4) is 0 Å². The van der Waals surface area contributed by atoms with Crippen LogP contribution in [0.2, 0.25) is 0 Å². The van der Waals surface area contributed by atoms with E-state index in [0.29, 0.717) is 6.04 Å². The second-order valence-corrected chi connectivity index (χ2v) is 3.68. The smallest absolute Gasteiger partial charge is 0.0484 e. The molecule has 0 amide bonds. The number of nitrogens with one attached hydrogen (secondary N) is 1. The van der Waals surface area contributed by atoms with E-state index in [0.717, 1.165) is 19.6 Å². The molecule has 0 aliphatic rings. The fourth-order valence-electron chi connectivity index (χ4n) is 1.78. The summed E-state index contributed by atoms with van der Waals surface area (Å²) in [5, 5.41) is 3.34. The maximum Gasteiger partial charge on any atom is 0.0484 e. The average Bonchev–Trinajstić information content (AvgIpc) is 2.26. The summed E-state index contributed by atoms with van der Waals surface area (Å²) < 4.78 is 5.39. The van der Waals surface area contributed by atoms with E-state index in [9.17, 15) is 0 Å². The van der Waals surface area contributed by atoms with Gasteiger partial charge in [0.05, 0.1) is 0 Å². The van der Waals surface area contributed by atoms with Gasteiger partial charge in [-0.05, 0) is 38.4 Å². The van der Waals surface area contributed by atoms with Crippen molar-refractivity contribution in [1.82, 2.24) is 5.32 Å². The summed E-state index contributed by atoms with van der Waals surface area (Å²) in [5.41, 5.74) is 2.72. The van der Waals surface area contributed by atoms with Crippen molar-refractivity contribution in [2.45, 2.75) is 26.3 Å². The van der Waals surface area contributed by atoms with Crippen LogP contribution in [-0.2, 0) is 4.74 Å². The fraction of sp³-hybridized carbons (Fsp3) is 0.538. The molecule has 1 atom stereocenters. The van der Waals surface area contributed by atoms with Crippen molar-refractivity contribution in [3.05, 3.63) is 35.4 Å². The van der Waals surface area contributed by atoms with Crippen molar-refractivity contribution >= 4 is 0 Å². The standard InChI is InChI=1S/C13H21NO/c1-4-15-10-9-13(14-3)12-8-6-5-7-11(12)2/h5-8,13-14H,4,9-10H2,1-3H3. The first-order chi connectivity index (χ1) is 7.29. The van der Waals surface area contributed by atoms with Gasteiger partial charge in [0.15, 0.2) is 0 Å². The molecule has 2 nitrogen and oxygen atoms in total. The fourth-order valence-corrected chi connectivity index (χ4v) is 1.78. The van der Waals surface area contributed by atoms with E-state index in [1.807, 2.05) is 14.0 Å². The van der Waals surface area contributed by atoms with Gasteiger partial charge in [-0.1, -0.05) is 24.3 Å². The maximum absolute atomic E-state index is 5.39. The van der Waals surface area contributed by atoms with E-state index in [1.54, 1.807) is 0 Å². The van der Waals surface area contributed by atoms with Crippen molar-refractivity contribution in [2.75, 3.05) is 20.3 Å². The second-order valence-electron chi connectivity index (χ2n) is 3.68. The highest BCUT2D eigenvalue weighted by Gasteiger charge is 2.10. The highest BCUT2D eigenvalue weighted by molar-refractivity contribution is 5.28. The Kier molecular flexibility index (Phi) is 5.37. The van der Waals surface area contributed by atoms with E-state index in [2.05, 4.69) is 36.5 Å². The predicted molar refractivity (Wildman–Crippen MR) is 64.1 cm³/mol. The SMILES string of the molecule is CCOCCC(NC)c1ccccc1C. The molecule has 15 heavy (non-hydrogen) atoms. The zero-order valence-electron chi connectivity index (χ0n) is 9.92. The van der Waals surface area contributed by atoms with Gasteiger partial charge in [0.2, 0.25) is 0 Å². The van der Waals surface area contributed by atoms with Gasteiger partial charge in [0.1, 0.15) is 0 Å². The van der Waals surface area contributed by atoms with Crippen LogP contribution in [0.3, 0.4) is 0 Å². The molecule has 0 saturated heterocycles. The summed E-state index contributed by atoms with van der Waals surface area (Å²) in [4.78, 5) is 0. The largest absolute Gasteiger partial charge is 0.382 e. The second kappa shape index (κ2) is 6.59. The summed E-state index contributed by atoms with van der Waals surface area (Å²) in [6, 6.07) is 8.90.